The molecule has 4 rings (SSSR count). The van der Waals surface area contributed by atoms with Crippen molar-refractivity contribution in [1.29, 1.82) is 0 Å². The number of ether oxygens (including phenoxy) is 1. The second-order valence-corrected chi connectivity index (χ2v) is 8.59. The third-order valence-corrected chi connectivity index (χ3v) is 5.71. The summed E-state index contributed by atoms with van der Waals surface area (Å²) in [5, 5.41) is 0. The van der Waals surface area contributed by atoms with Crippen molar-refractivity contribution in [3.8, 4) is 5.69 Å². The van der Waals surface area contributed by atoms with E-state index in [1.165, 1.54) is 13.4 Å². The maximum Gasteiger partial charge on any atom is 0.337 e. The molecule has 0 fully saturated rings. The Labute approximate surface area is 199 Å². The molecule has 0 aliphatic heterocycles. The Bertz CT molecular complexity index is 1520. The van der Waals surface area contributed by atoms with E-state index in [4.69, 9.17) is 4.74 Å². The van der Waals surface area contributed by atoms with Gasteiger partial charge >= 0.3 is 11.7 Å². The molecule has 0 saturated heterocycles. The first-order valence-electron chi connectivity index (χ1n) is 11.0. The van der Waals surface area contributed by atoms with Crippen LogP contribution in [0.5, 0.6) is 0 Å². The molecule has 4 aromatic rings. The van der Waals surface area contributed by atoms with Gasteiger partial charge in [-0.2, -0.15) is 0 Å². The zero-order chi connectivity index (χ0) is 25.3. The topological polar surface area (TPSA) is 88.1 Å². The molecular formula is C25H24F2N4O4. The fourth-order valence-corrected chi connectivity index (χ4v) is 3.82. The molecule has 8 nitrogen and oxygen atoms in total. The third-order valence-electron chi connectivity index (χ3n) is 5.71. The highest BCUT2D eigenvalue weighted by molar-refractivity contribution is 5.89. The SMILES string of the molecule is COC(=O)c1ccc(Cn2cnc3c2c(=O)n(CCC(C)C)c(=O)n3-c2ccc(F)cc2F)cc1. The summed E-state index contributed by atoms with van der Waals surface area (Å²) in [5.74, 6) is -1.99. The lowest BCUT2D eigenvalue weighted by Crippen LogP contribution is -2.40. The van der Waals surface area contributed by atoms with Gasteiger partial charge in [-0.1, -0.05) is 26.0 Å². The number of halogens is 2. The molecule has 0 saturated carbocycles. The summed E-state index contributed by atoms with van der Waals surface area (Å²) in [4.78, 5) is 42.7. The van der Waals surface area contributed by atoms with E-state index in [0.29, 0.717) is 18.1 Å². The van der Waals surface area contributed by atoms with Gasteiger partial charge in [0.25, 0.3) is 5.56 Å². The molecule has 35 heavy (non-hydrogen) atoms. The summed E-state index contributed by atoms with van der Waals surface area (Å²) in [6.07, 6.45) is 1.94. The number of hydrogen-bond donors (Lipinski definition) is 0. The Balaban J connectivity index is 1.90. The number of esters is 1. The minimum absolute atomic E-state index is 0.0301. The van der Waals surface area contributed by atoms with Crippen molar-refractivity contribution in [2.45, 2.75) is 33.4 Å². The molecule has 0 spiro atoms. The number of rotatable bonds is 7. The van der Waals surface area contributed by atoms with Crippen LogP contribution in [-0.2, 0) is 17.8 Å². The number of fused-ring (bicyclic) bond motifs is 1. The largest absolute Gasteiger partial charge is 0.465 e. The van der Waals surface area contributed by atoms with E-state index < -0.39 is 28.9 Å². The standard InChI is InChI=1S/C25H24F2N4O4/c1-15(2)10-11-30-23(32)21-22(31(25(30)34)20-9-8-18(26)12-19(20)27)28-14-29(21)13-16-4-6-17(7-5-16)24(33)35-3/h4-9,12,14-15H,10-11,13H2,1-3H3. The highest BCUT2D eigenvalue weighted by Crippen LogP contribution is 2.19. The zero-order valence-electron chi connectivity index (χ0n) is 19.5. The highest BCUT2D eigenvalue weighted by atomic mass is 19.1. The first-order valence-corrected chi connectivity index (χ1v) is 11.0. The number of benzene rings is 2. The first-order chi connectivity index (χ1) is 16.7. The molecule has 182 valence electrons. The molecule has 2 aromatic carbocycles. The van der Waals surface area contributed by atoms with Crippen LogP contribution in [-0.4, -0.2) is 31.8 Å². The summed E-state index contributed by atoms with van der Waals surface area (Å²) < 4.78 is 36.6. The molecule has 10 heteroatoms. The zero-order valence-corrected chi connectivity index (χ0v) is 19.5. The van der Waals surface area contributed by atoms with Crippen molar-refractivity contribution in [2.24, 2.45) is 5.92 Å². The monoisotopic (exact) mass is 482 g/mol. The van der Waals surface area contributed by atoms with Gasteiger partial charge in [0.15, 0.2) is 11.2 Å². The van der Waals surface area contributed by atoms with Crippen LogP contribution in [0.15, 0.2) is 58.4 Å². The maximum atomic E-state index is 14.7. The molecule has 0 atom stereocenters. The van der Waals surface area contributed by atoms with E-state index >= 15 is 0 Å². The van der Waals surface area contributed by atoms with E-state index in [-0.39, 0.29) is 35.9 Å². The van der Waals surface area contributed by atoms with E-state index in [9.17, 15) is 23.2 Å². The number of nitrogens with zero attached hydrogens (tertiary/aromatic N) is 4. The summed E-state index contributed by atoms with van der Waals surface area (Å²) in [6, 6.07) is 9.50. The van der Waals surface area contributed by atoms with Gasteiger partial charge in [0.1, 0.15) is 11.6 Å². The van der Waals surface area contributed by atoms with E-state index in [1.807, 2.05) is 13.8 Å². The Morgan fingerprint density at radius 1 is 1.09 bits per heavy atom. The molecule has 0 amide bonds. The minimum Gasteiger partial charge on any atom is -0.465 e. The Kier molecular flexibility index (Phi) is 6.63. The van der Waals surface area contributed by atoms with Crippen molar-refractivity contribution in [3.05, 3.63) is 92.4 Å². The van der Waals surface area contributed by atoms with Gasteiger partial charge in [-0.05, 0) is 42.2 Å². The molecule has 0 unspecified atom stereocenters. The smallest absolute Gasteiger partial charge is 0.337 e. The van der Waals surface area contributed by atoms with Crippen molar-refractivity contribution in [3.63, 3.8) is 0 Å². The van der Waals surface area contributed by atoms with Gasteiger partial charge in [0.2, 0.25) is 0 Å². The molecule has 0 N–H and O–H groups in total. The molecule has 0 aliphatic carbocycles. The average Bonchev–Trinajstić information content (AvgIpc) is 3.23. The Morgan fingerprint density at radius 2 is 1.80 bits per heavy atom. The normalized spacial score (nSPS) is 11.4. The Hall–Kier alpha value is -4.08. The lowest BCUT2D eigenvalue weighted by Gasteiger charge is -2.14. The van der Waals surface area contributed by atoms with Crippen LogP contribution < -0.4 is 11.2 Å². The van der Waals surface area contributed by atoms with Crippen LogP contribution in [0.4, 0.5) is 8.78 Å². The predicted molar refractivity (Wildman–Crippen MR) is 126 cm³/mol. The predicted octanol–water partition coefficient (Wildman–Crippen LogP) is 3.51. The van der Waals surface area contributed by atoms with E-state index in [1.54, 1.807) is 28.8 Å². The van der Waals surface area contributed by atoms with Gasteiger partial charge in [-0.15, -0.1) is 0 Å². The van der Waals surface area contributed by atoms with Gasteiger partial charge in [0, 0.05) is 19.2 Å². The van der Waals surface area contributed by atoms with Crippen molar-refractivity contribution < 1.29 is 18.3 Å². The minimum atomic E-state index is -0.949. The van der Waals surface area contributed by atoms with Gasteiger partial charge in [0.05, 0.1) is 24.7 Å². The van der Waals surface area contributed by atoms with E-state index in [0.717, 1.165) is 26.8 Å². The lowest BCUT2D eigenvalue weighted by atomic mass is 10.1. The molecule has 0 bridgehead atoms. The van der Waals surface area contributed by atoms with Crippen molar-refractivity contribution in [1.82, 2.24) is 18.7 Å². The van der Waals surface area contributed by atoms with Crippen LogP contribution in [0.2, 0.25) is 0 Å². The van der Waals surface area contributed by atoms with Gasteiger partial charge < -0.3 is 9.30 Å². The van der Waals surface area contributed by atoms with Gasteiger partial charge in [-0.25, -0.2) is 27.9 Å². The number of carbonyl (C=O) groups is 1. The van der Waals surface area contributed by atoms with Crippen LogP contribution >= 0.6 is 0 Å². The van der Waals surface area contributed by atoms with Crippen LogP contribution in [0.3, 0.4) is 0 Å². The number of hydrogen-bond acceptors (Lipinski definition) is 5. The fourth-order valence-electron chi connectivity index (χ4n) is 3.82. The summed E-state index contributed by atoms with van der Waals surface area (Å²) in [5.41, 5.74) is -0.285. The number of carbonyl (C=O) groups excluding carboxylic acids is 1. The average molecular weight is 482 g/mol. The second-order valence-electron chi connectivity index (χ2n) is 8.59. The summed E-state index contributed by atoms with van der Waals surface area (Å²) >= 11 is 0. The molecule has 0 aliphatic rings. The first kappa shape index (κ1) is 24.1. The molecular weight excluding hydrogens is 458 g/mol. The molecule has 2 heterocycles. The number of methoxy groups -OCH3 is 1. The second kappa shape index (κ2) is 9.65. The molecule has 2 aromatic heterocycles. The molecule has 0 radical (unpaired) electrons. The quantitative estimate of drug-likeness (QED) is 0.376. The highest BCUT2D eigenvalue weighted by Gasteiger charge is 2.21. The fraction of sp³-hybridized carbons (Fsp3) is 0.280. The lowest BCUT2D eigenvalue weighted by molar-refractivity contribution is 0.0600. The van der Waals surface area contributed by atoms with Crippen molar-refractivity contribution in [2.75, 3.05) is 7.11 Å². The Morgan fingerprint density at radius 3 is 2.43 bits per heavy atom. The maximum absolute atomic E-state index is 14.7. The number of imidazole rings is 1. The summed E-state index contributed by atoms with van der Waals surface area (Å²) in [7, 11) is 1.29. The van der Waals surface area contributed by atoms with Crippen LogP contribution in [0.25, 0.3) is 16.9 Å². The van der Waals surface area contributed by atoms with Gasteiger partial charge in [-0.3, -0.25) is 9.36 Å². The third kappa shape index (κ3) is 4.64. The number of aromatic nitrogens is 4. The summed E-state index contributed by atoms with van der Waals surface area (Å²) in [6.45, 7) is 4.27. The van der Waals surface area contributed by atoms with E-state index in [2.05, 4.69) is 4.98 Å². The van der Waals surface area contributed by atoms with Crippen LogP contribution in [0, 0.1) is 17.6 Å². The van der Waals surface area contributed by atoms with Crippen LogP contribution in [0.1, 0.15) is 36.2 Å². The van der Waals surface area contributed by atoms with Crippen molar-refractivity contribution >= 4 is 17.1 Å².